The number of hydrogen-bond acceptors (Lipinski definition) is 3. The molecular formula is C17H22N2O. The Labute approximate surface area is 121 Å². The zero-order chi connectivity index (χ0) is 14.2. The predicted molar refractivity (Wildman–Crippen MR) is 82.1 cm³/mol. The number of benzene rings is 1. The summed E-state index contributed by atoms with van der Waals surface area (Å²) in [5.74, 6) is 0.967. The van der Waals surface area contributed by atoms with Crippen LogP contribution in [-0.4, -0.2) is 25.2 Å². The van der Waals surface area contributed by atoms with Crippen LogP contribution in [0.5, 0.6) is 5.75 Å². The summed E-state index contributed by atoms with van der Waals surface area (Å²) in [5, 5.41) is 3.40. The monoisotopic (exact) mass is 270 g/mol. The molecule has 0 amide bonds. The van der Waals surface area contributed by atoms with E-state index in [1.165, 1.54) is 11.1 Å². The van der Waals surface area contributed by atoms with Gasteiger partial charge in [-0.25, -0.2) is 0 Å². The van der Waals surface area contributed by atoms with Crippen molar-refractivity contribution in [2.75, 3.05) is 14.2 Å². The first-order valence-corrected chi connectivity index (χ1v) is 7.01. The zero-order valence-electron chi connectivity index (χ0n) is 12.2. The summed E-state index contributed by atoms with van der Waals surface area (Å²) in [6.07, 6.45) is 6.85. The number of para-hydroxylation sites is 1. The van der Waals surface area contributed by atoms with Gasteiger partial charge in [0.05, 0.1) is 7.11 Å². The molecule has 3 heteroatoms. The fourth-order valence-corrected chi connectivity index (χ4v) is 2.37. The van der Waals surface area contributed by atoms with Gasteiger partial charge in [-0.05, 0) is 49.6 Å². The first-order valence-electron chi connectivity index (χ1n) is 7.01. The summed E-state index contributed by atoms with van der Waals surface area (Å²) in [4.78, 5) is 4.16. The van der Waals surface area contributed by atoms with E-state index in [4.69, 9.17) is 4.74 Å². The normalized spacial score (nSPS) is 12.1. The zero-order valence-corrected chi connectivity index (χ0v) is 12.2. The van der Waals surface area contributed by atoms with Crippen molar-refractivity contribution in [3.63, 3.8) is 0 Å². The highest BCUT2D eigenvalue weighted by molar-refractivity contribution is 5.33. The molecule has 1 unspecified atom stereocenters. The highest BCUT2D eigenvalue weighted by atomic mass is 16.5. The molecule has 0 aliphatic rings. The van der Waals surface area contributed by atoms with Gasteiger partial charge in [-0.15, -0.1) is 0 Å². The minimum absolute atomic E-state index is 0.437. The fraction of sp³-hybridized carbons (Fsp3) is 0.353. The van der Waals surface area contributed by atoms with Crippen LogP contribution < -0.4 is 10.1 Å². The van der Waals surface area contributed by atoms with Gasteiger partial charge < -0.3 is 10.1 Å². The summed E-state index contributed by atoms with van der Waals surface area (Å²) in [6, 6.07) is 12.8. The summed E-state index contributed by atoms with van der Waals surface area (Å²) in [6.45, 7) is 0. The molecule has 0 bridgehead atoms. The van der Waals surface area contributed by atoms with Crippen LogP contribution in [0, 0.1) is 0 Å². The van der Waals surface area contributed by atoms with E-state index < -0.39 is 0 Å². The number of rotatable bonds is 7. The van der Waals surface area contributed by atoms with E-state index in [0.29, 0.717) is 6.04 Å². The molecule has 1 aromatic carbocycles. The lowest BCUT2D eigenvalue weighted by atomic mass is 9.99. The lowest BCUT2D eigenvalue weighted by Crippen LogP contribution is -2.28. The molecule has 1 N–H and O–H groups in total. The van der Waals surface area contributed by atoms with Crippen molar-refractivity contribution in [1.82, 2.24) is 10.3 Å². The van der Waals surface area contributed by atoms with Crippen molar-refractivity contribution < 1.29 is 4.74 Å². The molecule has 20 heavy (non-hydrogen) atoms. The molecule has 1 atom stereocenters. The Morgan fingerprint density at radius 1 is 1.20 bits per heavy atom. The van der Waals surface area contributed by atoms with Crippen LogP contribution in [0.1, 0.15) is 17.5 Å². The second-order valence-corrected chi connectivity index (χ2v) is 4.90. The first kappa shape index (κ1) is 14.5. The van der Waals surface area contributed by atoms with E-state index in [2.05, 4.69) is 28.5 Å². The third-order valence-corrected chi connectivity index (χ3v) is 3.57. The number of methoxy groups -OCH3 is 1. The minimum Gasteiger partial charge on any atom is -0.496 e. The van der Waals surface area contributed by atoms with Crippen LogP contribution in [0.4, 0.5) is 0 Å². The van der Waals surface area contributed by atoms with E-state index in [9.17, 15) is 0 Å². The Morgan fingerprint density at radius 3 is 2.75 bits per heavy atom. The fourth-order valence-electron chi connectivity index (χ4n) is 2.37. The summed E-state index contributed by atoms with van der Waals surface area (Å²) in [5.41, 5.74) is 2.54. The van der Waals surface area contributed by atoms with E-state index in [-0.39, 0.29) is 0 Å². The van der Waals surface area contributed by atoms with E-state index in [1.807, 2.05) is 37.6 Å². The summed E-state index contributed by atoms with van der Waals surface area (Å²) in [7, 11) is 3.74. The van der Waals surface area contributed by atoms with Gasteiger partial charge >= 0.3 is 0 Å². The molecule has 0 radical (unpaired) electrons. The summed E-state index contributed by atoms with van der Waals surface area (Å²) >= 11 is 0. The van der Waals surface area contributed by atoms with Crippen LogP contribution in [0.3, 0.4) is 0 Å². The van der Waals surface area contributed by atoms with Crippen LogP contribution in [-0.2, 0) is 12.8 Å². The van der Waals surface area contributed by atoms with Crippen molar-refractivity contribution in [2.45, 2.75) is 25.3 Å². The quantitative estimate of drug-likeness (QED) is 0.840. The van der Waals surface area contributed by atoms with Gasteiger partial charge in [0.1, 0.15) is 5.75 Å². The number of ether oxygens (including phenoxy) is 1. The van der Waals surface area contributed by atoms with Gasteiger partial charge in [-0.2, -0.15) is 0 Å². The molecule has 1 heterocycles. The first-order chi connectivity index (χ1) is 9.83. The smallest absolute Gasteiger partial charge is 0.122 e. The van der Waals surface area contributed by atoms with Gasteiger partial charge in [0.2, 0.25) is 0 Å². The number of aromatic nitrogens is 1. The summed E-state index contributed by atoms with van der Waals surface area (Å²) < 4.78 is 5.42. The third-order valence-electron chi connectivity index (χ3n) is 3.57. The average molecular weight is 270 g/mol. The molecule has 2 rings (SSSR count). The number of nitrogens with one attached hydrogen (secondary N) is 1. The van der Waals surface area contributed by atoms with Gasteiger partial charge in [0.15, 0.2) is 0 Å². The van der Waals surface area contributed by atoms with Crippen molar-refractivity contribution >= 4 is 0 Å². The molecular weight excluding hydrogens is 248 g/mol. The molecule has 0 aliphatic heterocycles. The van der Waals surface area contributed by atoms with Crippen molar-refractivity contribution in [3.8, 4) is 5.75 Å². The Balaban J connectivity index is 1.95. The Bertz CT molecular complexity index is 513. The van der Waals surface area contributed by atoms with E-state index in [0.717, 1.165) is 25.0 Å². The lowest BCUT2D eigenvalue weighted by molar-refractivity contribution is 0.404. The SMILES string of the molecule is CNC(CCc1cccnc1)Cc1ccccc1OC. The van der Waals surface area contributed by atoms with E-state index in [1.54, 1.807) is 7.11 Å². The topological polar surface area (TPSA) is 34.2 Å². The molecule has 2 aromatic rings. The van der Waals surface area contributed by atoms with Crippen molar-refractivity contribution in [1.29, 1.82) is 0 Å². The maximum absolute atomic E-state index is 5.42. The number of pyridine rings is 1. The van der Waals surface area contributed by atoms with Gasteiger partial charge in [-0.1, -0.05) is 24.3 Å². The molecule has 0 spiro atoms. The van der Waals surface area contributed by atoms with Crippen LogP contribution in [0.15, 0.2) is 48.8 Å². The Hall–Kier alpha value is -1.87. The third kappa shape index (κ3) is 4.07. The maximum atomic E-state index is 5.42. The Morgan fingerprint density at radius 2 is 2.05 bits per heavy atom. The number of aryl methyl sites for hydroxylation is 1. The highest BCUT2D eigenvalue weighted by Crippen LogP contribution is 2.20. The number of nitrogens with zero attached hydrogens (tertiary/aromatic N) is 1. The maximum Gasteiger partial charge on any atom is 0.122 e. The van der Waals surface area contributed by atoms with Crippen molar-refractivity contribution in [2.24, 2.45) is 0 Å². The molecule has 1 aromatic heterocycles. The average Bonchev–Trinajstić information content (AvgIpc) is 2.52. The Kier molecular flexibility index (Phi) is 5.56. The molecule has 0 aliphatic carbocycles. The molecule has 3 nitrogen and oxygen atoms in total. The molecule has 106 valence electrons. The van der Waals surface area contributed by atoms with Gasteiger partial charge in [0.25, 0.3) is 0 Å². The number of likely N-dealkylation sites (N-methyl/N-ethyl adjacent to an activating group) is 1. The molecule has 0 saturated carbocycles. The number of hydrogen-bond donors (Lipinski definition) is 1. The standard InChI is InChI=1S/C17H22N2O/c1-18-16(10-9-14-6-5-11-19-13-14)12-15-7-3-4-8-17(15)20-2/h3-8,11,13,16,18H,9-10,12H2,1-2H3. The van der Waals surface area contributed by atoms with E-state index >= 15 is 0 Å². The van der Waals surface area contributed by atoms with Gasteiger partial charge in [0, 0.05) is 18.4 Å². The lowest BCUT2D eigenvalue weighted by Gasteiger charge is -2.17. The predicted octanol–water partition coefficient (Wildman–Crippen LogP) is 2.85. The van der Waals surface area contributed by atoms with Crippen molar-refractivity contribution in [3.05, 3.63) is 59.9 Å². The second-order valence-electron chi connectivity index (χ2n) is 4.90. The van der Waals surface area contributed by atoms with Crippen LogP contribution in [0.2, 0.25) is 0 Å². The molecule has 0 fully saturated rings. The second kappa shape index (κ2) is 7.65. The van der Waals surface area contributed by atoms with Crippen LogP contribution >= 0.6 is 0 Å². The van der Waals surface area contributed by atoms with Crippen LogP contribution in [0.25, 0.3) is 0 Å². The molecule has 0 saturated heterocycles. The largest absolute Gasteiger partial charge is 0.496 e. The minimum atomic E-state index is 0.437. The van der Waals surface area contributed by atoms with Gasteiger partial charge in [-0.3, -0.25) is 4.98 Å². The highest BCUT2D eigenvalue weighted by Gasteiger charge is 2.10.